The molecule has 0 aromatic heterocycles. The van der Waals surface area contributed by atoms with Crippen molar-refractivity contribution in [2.75, 3.05) is 44.2 Å². The van der Waals surface area contributed by atoms with E-state index < -0.39 is 10.0 Å². The quantitative estimate of drug-likeness (QED) is 0.734. The van der Waals surface area contributed by atoms with Gasteiger partial charge in [0.25, 0.3) is 0 Å². The summed E-state index contributed by atoms with van der Waals surface area (Å²) in [6.07, 6.45) is 0. The first kappa shape index (κ1) is 18.7. The van der Waals surface area contributed by atoms with Crippen LogP contribution in [0.1, 0.15) is 5.56 Å². The van der Waals surface area contributed by atoms with Gasteiger partial charge in [0, 0.05) is 38.5 Å². The number of carbonyl (C=O) groups is 1. The van der Waals surface area contributed by atoms with Crippen molar-refractivity contribution in [3.8, 4) is 0 Å². The Hall–Kier alpha value is -1.09. The second-order valence-electron chi connectivity index (χ2n) is 6.80. The smallest absolute Gasteiger partial charge is 0.243 e. The number of amides is 1. The molecule has 2 fully saturated rings. The summed E-state index contributed by atoms with van der Waals surface area (Å²) >= 11 is 1.56. The van der Waals surface area contributed by atoms with Crippen LogP contribution in [0.3, 0.4) is 0 Å². The fourth-order valence-corrected chi connectivity index (χ4v) is 5.77. The molecule has 3 rings (SSSR count). The SMILES string of the molecule is Cc1ccc(S(=O)(=O)N2C[C@H]3CN(C(=O)CSCCN)C[C@H]3C2)cc1. The number of carbonyl (C=O) groups excluding carboxylic acids is 1. The molecule has 0 aliphatic carbocycles. The van der Waals surface area contributed by atoms with Gasteiger partial charge in [-0.05, 0) is 30.9 Å². The summed E-state index contributed by atoms with van der Waals surface area (Å²) in [5, 5.41) is 0. The maximum absolute atomic E-state index is 12.8. The van der Waals surface area contributed by atoms with Crippen LogP contribution in [0.15, 0.2) is 29.2 Å². The van der Waals surface area contributed by atoms with Crippen LogP contribution in [0.4, 0.5) is 0 Å². The highest BCUT2D eigenvalue weighted by molar-refractivity contribution is 7.99. The van der Waals surface area contributed by atoms with Crippen LogP contribution >= 0.6 is 11.8 Å². The summed E-state index contributed by atoms with van der Waals surface area (Å²) in [5.74, 6) is 1.87. The Kier molecular flexibility index (Phi) is 5.72. The molecule has 8 heteroatoms. The zero-order chi connectivity index (χ0) is 18.0. The molecule has 1 aromatic carbocycles. The summed E-state index contributed by atoms with van der Waals surface area (Å²) in [6, 6.07) is 6.99. The Balaban J connectivity index is 1.59. The monoisotopic (exact) mass is 383 g/mol. The van der Waals surface area contributed by atoms with Crippen LogP contribution in [-0.4, -0.2) is 67.8 Å². The molecule has 1 amide bonds. The fraction of sp³-hybridized carbons (Fsp3) is 0.588. The van der Waals surface area contributed by atoms with Crippen molar-refractivity contribution in [2.24, 2.45) is 17.6 Å². The van der Waals surface area contributed by atoms with Crippen molar-refractivity contribution in [1.29, 1.82) is 0 Å². The topological polar surface area (TPSA) is 83.7 Å². The molecule has 1 aromatic rings. The number of hydrogen-bond donors (Lipinski definition) is 1. The summed E-state index contributed by atoms with van der Waals surface area (Å²) in [6.45, 7) is 4.84. The summed E-state index contributed by atoms with van der Waals surface area (Å²) in [5.41, 5.74) is 6.49. The van der Waals surface area contributed by atoms with Crippen molar-refractivity contribution in [3.63, 3.8) is 0 Å². The first-order chi connectivity index (χ1) is 11.9. The largest absolute Gasteiger partial charge is 0.341 e. The van der Waals surface area contributed by atoms with E-state index in [2.05, 4.69) is 0 Å². The number of sulfonamides is 1. The van der Waals surface area contributed by atoms with Crippen LogP contribution in [0.25, 0.3) is 0 Å². The first-order valence-electron chi connectivity index (χ1n) is 8.54. The lowest BCUT2D eigenvalue weighted by atomic mass is 10.0. The van der Waals surface area contributed by atoms with Gasteiger partial charge in [-0.2, -0.15) is 16.1 Å². The molecule has 2 atom stereocenters. The molecule has 0 spiro atoms. The van der Waals surface area contributed by atoms with Crippen molar-refractivity contribution in [3.05, 3.63) is 29.8 Å². The van der Waals surface area contributed by atoms with Gasteiger partial charge in [0.15, 0.2) is 0 Å². The Morgan fingerprint density at radius 2 is 1.76 bits per heavy atom. The van der Waals surface area contributed by atoms with Gasteiger partial charge < -0.3 is 10.6 Å². The minimum Gasteiger partial charge on any atom is -0.341 e. The number of fused-ring (bicyclic) bond motifs is 1. The average Bonchev–Trinajstić information content (AvgIpc) is 3.14. The summed E-state index contributed by atoms with van der Waals surface area (Å²) in [4.78, 5) is 14.5. The highest BCUT2D eigenvalue weighted by Gasteiger charge is 2.45. The number of benzene rings is 1. The minimum atomic E-state index is -3.44. The van der Waals surface area contributed by atoms with E-state index in [0.717, 1.165) is 11.3 Å². The van der Waals surface area contributed by atoms with Gasteiger partial charge in [-0.15, -0.1) is 0 Å². The molecule has 0 unspecified atom stereocenters. The number of nitrogens with two attached hydrogens (primary N) is 1. The standard InChI is InChI=1S/C17H25N3O3S2/c1-13-2-4-16(5-3-13)25(22,23)20-10-14-8-19(9-15(14)11-20)17(21)12-24-7-6-18/h2-5,14-15H,6-12,18H2,1H3/t14-,15+. The second-order valence-corrected chi connectivity index (χ2v) is 9.84. The van der Waals surface area contributed by atoms with Gasteiger partial charge in [0.1, 0.15) is 0 Å². The van der Waals surface area contributed by atoms with Crippen LogP contribution < -0.4 is 5.73 Å². The predicted octanol–water partition coefficient (Wildman–Crippen LogP) is 0.766. The molecule has 2 N–H and O–H groups in total. The average molecular weight is 384 g/mol. The Morgan fingerprint density at radius 3 is 2.32 bits per heavy atom. The molecule has 2 aliphatic heterocycles. The van der Waals surface area contributed by atoms with Gasteiger partial charge >= 0.3 is 0 Å². The van der Waals surface area contributed by atoms with Crippen LogP contribution in [0.2, 0.25) is 0 Å². The van der Waals surface area contributed by atoms with Crippen molar-refractivity contribution in [2.45, 2.75) is 11.8 Å². The molecule has 138 valence electrons. The molecule has 2 aliphatic rings. The number of aryl methyl sites for hydroxylation is 1. The summed E-state index contributed by atoms with van der Waals surface area (Å²) in [7, 11) is -3.44. The molecule has 0 radical (unpaired) electrons. The Morgan fingerprint density at radius 1 is 1.16 bits per heavy atom. The Labute approximate surface area is 153 Å². The second kappa shape index (κ2) is 7.65. The number of thioether (sulfide) groups is 1. The van der Waals surface area contributed by atoms with E-state index in [9.17, 15) is 13.2 Å². The van der Waals surface area contributed by atoms with Crippen molar-refractivity contribution >= 4 is 27.7 Å². The maximum atomic E-state index is 12.8. The van der Waals surface area contributed by atoms with E-state index in [1.807, 2.05) is 24.0 Å². The Bertz CT molecular complexity index is 707. The van der Waals surface area contributed by atoms with E-state index >= 15 is 0 Å². The third-order valence-corrected chi connectivity index (χ3v) is 7.77. The minimum absolute atomic E-state index is 0.140. The molecule has 2 heterocycles. The predicted molar refractivity (Wildman–Crippen MR) is 99.9 cm³/mol. The molecule has 25 heavy (non-hydrogen) atoms. The van der Waals surface area contributed by atoms with Gasteiger partial charge in [-0.3, -0.25) is 4.79 Å². The molecule has 2 saturated heterocycles. The number of rotatable bonds is 6. The van der Waals surface area contributed by atoms with E-state index in [1.165, 1.54) is 0 Å². The van der Waals surface area contributed by atoms with Gasteiger partial charge in [0.2, 0.25) is 15.9 Å². The van der Waals surface area contributed by atoms with Crippen molar-refractivity contribution < 1.29 is 13.2 Å². The van der Waals surface area contributed by atoms with Gasteiger partial charge in [-0.1, -0.05) is 17.7 Å². The first-order valence-corrected chi connectivity index (χ1v) is 11.1. The maximum Gasteiger partial charge on any atom is 0.243 e. The van der Waals surface area contributed by atoms with Gasteiger partial charge in [-0.25, -0.2) is 8.42 Å². The number of nitrogens with zero attached hydrogens (tertiary/aromatic N) is 2. The molecule has 0 saturated carbocycles. The molecular weight excluding hydrogens is 358 g/mol. The lowest BCUT2D eigenvalue weighted by Crippen LogP contribution is -2.36. The molecule has 6 nitrogen and oxygen atoms in total. The number of likely N-dealkylation sites (tertiary alicyclic amines) is 1. The number of hydrogen-bond acceptors (Lipinski definition) is 5. The third kappa shape index (κ3) is 4.02. The highest BCUT2D eigenvalue weighted by Crippen LogP contribution is 2.34. The lowest BCUT2D eigenvalue weighted by Gasteiger charge is -2.21. The summed E-state index contributed by atoms with van der Waals surface area (Å²) < 4.78 is 27.2. The van der Waals surface area contributed by atoms with Crippen molar-refractivity contribution in [1.82, 2.24) is 9.21 Å². The normalized spacial score (nSPS) is 23.8. The third-order valence-electron chi connectivity index (χ3n) is 4.95. The highest BCUT2D eigenvalue weighted by atomic mass is 32.2. The van der Waals surface area contributed by atoms with Crippen LogP contribution in [0.5, 0.6) is 0 Å². The molecular formula is C17H25N3O3S2. The lowest BCUT2D eigenvalue weighted by molar-refractivity contribution is -0.127. The zero-order valence-corrected chi connectivity index (χ0v) is 16.1. The van der Waals surface area contributed by atoms with E-state index in [1.54, 1.807) is 28.2 Å². The van der Waals surface area contributed by atoms with Crippen LogP contribution in [0, 0.1) is 18.8 Å². The van der Waals surface area contributed by atoms with E-state index in [0.29, 0.717) is 43.4 Å². The zero-order valence-electron chi connectivity index (χ0n) is 14.4. The van der Waals surface area contributed by atoms with E-state index in [-0.39, 0.29) is 17.7 Å². The van der Waals surface area contributed by atoms with Gasteiger partial charge in [0.05, 0.1) is 10.6 Å². The van der Waals surface area contributed by atoms with Crippen LogP contribution in [-0.2, 0) is 14.8 Å². The van der Waals surface area contributed by atoms with E-state index in [4.69, 9.17) is 5.73 Å². The fourth-order valence-electron chi connectivity index (χ4n) is 3.54. The molecule has 0 bridgehead atoms.